The Morgan fingerprint density at radius 1 is 0.897 bits per heavy atom. The summed E-state index contributed by atoms with van der Waals surface area (Å²) in [5.41, 5.74) is 2.18. The van der Waals surface area contributed by atoms with Gasteiger partial charge in [-0.15, -0.1) is 0 Å². The van der Waals surface area contributed by atoms with Crippen LogP contribution in [-0.2, 0) is 10.0 Å². The molecule has 1 fully saturated rings. The van der Waals surface area contributed by atoms with Crippen molar-refractivity contribution in [1.82, 2.24) is 9.62 Å². The smallest absolute Gasteiger partial charge is 0.253 e. The number of sulfonamides is 1. The van der Waals surface area contributed by atoms with Crippen LogP contribution in [0.15, 0.2) is 53.4 Å². The van der Waals surface area contributed by atoms with Gasteiger partial charge in [-0.25, -0.2) is 13.1 Å². The van der Waals surface area contributed by atoms with Gasteiger partial charge in [-0.1, -0.05) is 6.92 Å². The van der Waals surface area contributed by atoms with Crippen molar-refractivity contribution in [2.45, 2.75) is 18.7 Å². The van der Waals surface area contributed by atoms with Crippen LogP contribution in [0.1, 0.15) is 34.6 Å². The summed E-state index contributed by atoms with van der Waals surface area (Å²) >= 11 is 0. The molecule has 3 rings (SSSR count). The molecule has 1 N–H and O–H groups in total. The maximum Gasteiger partial charge on any atom is 0.253 e. The number of carbonyl (C=O) groups excluding carboxylic acids is 2. The van der Waals surface area contributed by atoms with Gasteiger partial charge in [0.25, 0.3) is 5.91 Å². The lowest BCUT2D eigenvalue weighted by atomic mass is 10.1. The third-order valence-electron chi connectivity index (χ3n) is 4.95. The Balaban J connectivity index is 1.62. The number of nitrogens with zero attached hydrogens (tertiary/aromatic N) is 2. The molecule has 0 unspecified atom stereocenters. The molecule has 8 heteroatoms. The Hall–Kier alpha value is -2.71. The van der Waals surface area contributed by atoms with Crippen LogP contribution < -0.4 is 9.62 Å². The molecular weight excluding hydrogens is 390 g/mol. The fourth-order valence-corrected chi connectivity index (χ4v) is 4.35. The summed E-state index contributed by atoms with van der Waals surface area (Å²) in [6.45, 7) is 6.10. The molecule has 0 spiro atoms. The Morgan fingerprint density at radius 3 is 1.97 bits per heavy atom. The zero-order chi connectivity index (χ0) is 21.0. The van der Waals surface area contributed by atoms with Gasteiger partial charge in [0.1, 0.15) is 0 Å². The maximum atomic E-state index is 12.8. The Bertz CT molecular complexity index is 978. The predicted octanol–water partition coefficient (Wildman–Crippen LogP) is 2.15. The van der Waals surface area contributed by atoms with Crippen molar-refractivity contribution < 1.29 is 18.0 Å². The van der Waals surface area contributed by atoms with Crippen LogP contribution in [0.3, 0.4) is 0 Å². The molecule has 0 radical (unpaired) electrons. The molecule has 2 aromatic rings. The van der Waals surface area contributed by atoms with E-state index in [1.807, 2.05) is 24.3 Å². The van der Waals surface area contributed by atoms with E-state index >= 15 is 0 Å². The van der Waals surface area contributed by atoms with E-state index in [0.29, 0.717) is 43.9 Å². The van der Waals surface area contributed by atoms with Crippen LogP contribution in [0, 0.1) is 0 Å². The van der Waals surface area contributed by atoms with Gasteiger partial charge >= 0.3 is 0 Å². The van der Waals surface area contributed by atoms with E-state index in [2.05, 4.69) is 9.62 Å². The Morgan fingerprint density at radius 2 is 1.45 bits per heavy atom. The summed E-state index contributed by atoms with van der Waals surface area (Å²) < 4.78 is 26.5. The fourth-order valence-electron chi connectivity index (χ4n) is 3.31. The molecule has 29 heavy (non-hydrogen) atoms. The predicted molar refractivity (Wildman–Crippen MR) is 112 cm³/mol. The summed E-state index contributed by atoms with van der Waals surface area (Å²) in [6, 6.07) is 13.5. The SMILES string of the molecule is CCNS(=O)(=O)c1ccc(C(=O)N2CCN(c3ccc(C(C)=O)cc3)CC2)cc1. The van der Waals surface area contributed by atoms with E-state index < -0.39 is 10.0 Å². The number of piperazine rings is 1. The third kappa shape index (κ3) is 4.83. The number of Topliss-reactive ketones (excluding diaryl/α,β-unsaturated/α-hetero) is 1. The molecule has 0 bridgehead atoms. The van der Waals surface area contributed by atoms with Gasteiger partial charge in [-0.2, -0.15) is 0 Å². The van der Waals surface area contributed by atoms with Crippen molar-refractivity contribution >= 4 is 27.4 Å². The van der Waals surface area contributed by atoms with Crippen LogP contribution >= 0.6 is 0 Å². The first-order valence-electron chi connectivity index (χ1n) is 9.57. The van der Waals surface area contributed by atoms with Crippen molar-refractivity contribution in [2.24, 2.45) is 0 Å². The molecule has 0 saturated carbocycles. The van der Waals surface area contributed by atoms with Crippen LogP contribution in [0.5, 0.6) is 0 Å². The number of benzene rings is 2. The average molecular weight is 416 g/mol. The maximum absolute atomic E-state index is 12.8. The molecule has 0 aliphatic carbocycles. The summed E-state index contributed by atoms with van der Waals surface area (Å²) in [5, 5.41) is 0. The molecule has 2 aromatic carbocycles. The molecule has 0 atom stereocenters. The van der Waals surface area contributed by atoms with Gasteiger partial charge in [-0.05, 0) is 55.5 Å². The lowest BCUT2D eigenvalue weighted by Gasteiger charge is -2.36. The molecule has 1 aliphatic heterocycles. The van der Waals surface area contributed by atoms with Gasteiger partial charge in [0, 0.05) is 49.5 Å². The number of hydrogen-bond acceptors (Lipinski definition) is 5. The molecule has 154 valence electrons. The van der Waals surface area contributed by atoms with E-state index in [-0.39, 0.29) is 16.6 Å². The molecule has 1 amide bonds. The number of amides is 1. The lowest BCUT2D eigenvalue weighted by Crippen LogP contribution is -2.48. The van der Waals surface area contributed by atoms with E-state index in [9.17, 15) is 18.0 Å². The van der Waals surface area contributed by atoms with Crippen LogP contribution in [0.2, 0.25) is 0 Å². The van der Waals surface area contributed by atoms with Gasteiger partial charge in [-0.3, -0.25) is 9.59 Å². The zero-order valence-electron chi connectivity index (χ0n) is 16.6. The summed E-state index contributed by atoms with van der Waals surface area (Å²) in [6.07, 6.45) is 0. The quantitative estimate of drug-likeness (QED) is 0.731. The second kappa shape index (κ2) is 8.75. The van der Waals surface area contributed by atoms with Gasteiger partial charge in [0.2, 0.25) is 10.0 Å². The van der Waals surface area contributed by atoms with E-state index in [4.69, 9.17) is 0 Å². The number of hydrogen-bond donors (Lipinski definition) is 1. The number of rotatable bonds is 6. The number of ketones is 1. The highest BCUT2D eigenvalue weighted by Gasteiger charge is 2.23. The Kier molecular flexibility index (Phi) is 6.34. The summed E-state index contributed by atoms with van der Waals surface area (Å²) in [7, 11) is -3.53. The van der Waals surface area contributed by atoms with Crippen LogP contribution in [0.4, 0.5) is 5.69 Å². The minimum absolute atomic E-state index is 0.0382. The minimum atomic E-state index is -3.53. The van der Waals surface area contributed by atoms with Gasteiger partial charge in [0.15, 0.2) is 5.78 Å². The normalized spacial score (nSPS) is 14.7. The number of carbonyl (C=O) groups is 2. The van der Waals surface area contributed by atoms with E-state index in [0.717, 1.165) is 5.69 Å². The Labute approximate surface area is 171 Å². The third-order valence-corrected chi connectivity index (χ3v) is 6.51. The number of nitrogens with one attached hydrogen (secondary N) is 1. The molecular formula is C21H25N3O4S. The molecule has 7 nitrogen and oxygen atoms in total. The number of anilines is 1. The summed E-state index contributed by atoms with van der Waals surface area (Å²) in [5.74, 6) is -0.0692. The van der Waals surface area contributed by atoms with E-state index in [1.165, 1.54) is 12.1 Å². The highest BCUT2D eigenvalue weighted by molar-refractivity contribution is 7.89. The minimum Gasteiger partial charge on any atom is -0.368 e. The van der Waals surface area contributed by atoms with Crippen molar-refractivity contribution in [1.29, 1.82) is 0 Å². The molecule has 1 saturated heterocycles. The van der Waals surface area contributed by atoms with Crippen LogP contribution in [-0.4, -0.2) is 57.7 Å². The van der Waals surface area contributed by atoms with Crippen LogP contribution in [0.25, 0.3) is 0 Å². The van der Waals surface area contributed by atoms with Crippen molar-refractivity contribution in [2.75, 3.05) is 37.6 Å². The monoisotopic (exact) mass is 415 g/mol. The van der Waals surface area contributed by atoms with Gasteiger partial charge < -0.3 is 9.80 Å². The average Bonchev–Trinajstić information content (AvgIpc) is 2.73. The second-order valence-corrected chi connectivity index (χ2v) is 8.67. The lowest BCUT2D eigenvalue weighted by molar-refractivity contribution is 0.0746. The first-order valence-corrected chi connectivity index (χ1v) is 11.0. The summed E-state index contributed by atoms with van der Waals surface area (Å²) in [4.78, 5) is 28.3. The molecule has 1 heterocycles. The fraction of sp³-hybridized carbons (Fsp3) is 0.333. The van der Waals surface area contributed by atoms with Crippen molar-refractivity contribution in [3.63, 3.8) is 0 Å². The first kappa shape index (κ1) is 21.0. The highest BCUT2D eigenvalue weighted by atomic mass is 32.2. The van der Waals surface area contributed by atoms with Crippen molar-refractivity contribution in [3.8, 4) is 0 Å². The van der Waals surface area contributed by atoms with Crippen molar-refractivity contribution in [3.05, 3.63) is 59.7 Å². The second-order valence-electron chi connectivity index (χ2n) is 6.91. The molecule has 1 aliphatic rings. The van der Waals surface area contributed by atoms with E-state index in [1.54, 1.807) is 30.9 Å². The standard InChI is InChI=1S/C21H25N3O4S/c1-3-22-29(27,28)20-10-6-18(7-11-20)21(26)24-14-12-23(13-15-24)19-8-4-17(5-9-19)16(2)25/h4-11,22H,3,12-15H2,1-2H3. The molecule has 0 aromatic heterocycles. The highest BCUT2D eigenvalue weighted by Crippen LogP contribution is 2.19. The largest absolute Gasteiger partial charge is 0.368 e. The van der Waals surface area contributed by atoms with Gasteiger partial charge in [0.05, 0.1) is 4.90 Å². The first-order chi connectivity index (χ1) is 13.8. The topological polar surface area (TPSA) is 86.8 Å². The zero-order valence-corrected chi connectivity index (χ0v) is 17.4.